The number of fused-ring (bicyclic) bond motifs is 1. The van der Waals surface area contributed by atoms with Gasteiger partial charge in [0.1, 0.15) is 0 Å². The summed E-state index contributed by atoms with van der Waals surface area (Å²) in [5, 5.41) is 12.9. The highest BCUT2D eigenvalue weighted by atomic mass is 32.2. The van der Waals surface area contributed by atoms with Gasteiger partial charge in [0.05, 0.1) is 46.7 Å². The van der Waals surface area contributed by atoms with Gasteiger partial charge in [0.25, 0.3) is 5.91 Å². The topological polar surface area (TPSA) is 109 Å². The molecule has 1 aromatic heterocycles. The molecule has 39 heavy (non-hydrogen) atoms. The Morgan fingerprint density at radius 1 is 1.15 bits per heavy atom. The van der Waals surface area contributed by atoms with Crippen molar-refractivity contribution < 1.29 is 23.1 Å². The molecule has 1 aliphatic heterocycles. The predicted octanol–water partition coefficient (Wildman–Crippen LogP) is 4.45. The summed E-state index contributed by atoms with van der Waals surface area (Å²) in [7, 11) is -3.32. The van der Waals surface area contributed by atoms with E-state index in [9.17, 15) is 18.3 Å². The van der Waals surface area contributed by atoms with E-state index in [1.165, 1.54) is 25.0 Å². The first-order chi connectivity index (χ1) is 18.7. The molecule has 2 aliphatic rings. The number of ether oxygens (including phenoxy) is 1. The molecule has 4 rings (SSSR count). The van der Waals surface area contributed by atoms with Crippen molar-refractivity contribution in [2.45, 2.75) is 83.0 Å². The quantitative estimate of drug-likeness (QED) is 0.420. The van der Waals surface area contributed by atoms with Crippen LogP contribution in [-0.2, 0) is 21.1 Å². The van der Waals surface area contributed by atoms with Crippen LogP contribution in [0.3, 0.4) is 0 Å². The van der Waals surface area contributed by atoms with E-state index in [0.29, 0.717) is 29.1 Å². The molecule has 1 saturated carbocycles. The van der Waals surface area contributed by atoms with Crippen molar-refractivity contribution in [1.82, 2.24) is 15.2 Å². The van der Waals surface area contributed by atoms with E-state index in [-0.39, 0.29) is 29.2 Å². The average Bonchev–Trinajstić information content (AvgIpc) is 3.30. The molecule has 1 aromatic carbocycles. The van der Waals surface area contributed by atoms with Crippen LogP contribution >= 0.6 is 0 Å². The monoisotopic (exact) mass is 557 g/mol. The van der Waals surface area contributed by atoms with Gasteiger partial charge < -0.3 is 15.2 Å². The molecule has 214 valence electrons. The smallest absolute Gasteiger partial charge is 0.253 e. The van der Waals surface area contributed by atoms with Crippen LogP contribution in [0.25, 0.3) is 0 Å². The van der Waals surface area contributed by atoms with Gasteiger partial charge in [0, 0.05) is 25.9 Å². The number of benzene rings is 1. The maximum Gasteiger partial charge on any atom is 0.253 e. The van der Waals surface area contributed by atoms with Crippen molar-refractivity contribution in [2.75, 3.05) is 25.5 Å². The first-order valence-electron chi connectivity index (χ1n) is 14.3. The van der Waals surface area contributed by atoms with Crippen molar-refractivity contribution in [1.29, 1.82) is 0 Å². The zero-order valence-electron chi connectivity index (χ0n) is 23.6. The number of hydrogen-bond donors (Lipinski definition) is 2. The Balaban J connectivity index is 1.44. The third kappa shape index (κ3) is 6.88. The van der Waals surface area contributed by atoms with Crippen LogP contribution in [0, 0.1) is 11.8 Å². The molecule has 2 atom stereocenters. The first-order valence-corrected chi connectivity index (χ1v) is 15.9. The van der Waals surface area contributed by atoms with E-state index >= 15 is 0 Å². The van der Waals surface area contributed by atoms with Gasteiger partial charge in [-0.25, -0.2) is 8.42 Å². The Hall–Kier alpha value is -2.33. The minimum absolute atomic E-state index is 0.0158. The summed E-state index contributed by atoms with van der Waals surface area (Å²) in [5.74, 6) is 0.742. The predicted molar refractivity (Wildman–Crippen MR) is 151 cm³/mol. The summed E-state index contributed by atoms with van der Waals surface area (Å²) in [6, 6.07) is 7.81. The molecule has 2 aromatic rings. The lowest BCUT2D eigenvalue weighted by atomic mass is 9.86. The Morgan fingerprint density at radius 3 is 2.44 bits per heavy atom. The molecule has 0 bridgehead atoms. The number of hydrogen-bond acceptors (Lipinski definition) is 7. The lowest BCUT2D eigenvalue weighted by Crippen LogP contribution is -2.34. The fourth-order valence-electron chi connectivity index (χ4n) is 6.04. The number of aliphatic hydroxyl groups is 1. The molecule has 2 N–H and O–H groups in total. The van der Waals surface area contributed by atoms with Crippen LogP contribution in [-0.4, -0.2) is 60.9 Å². The van der Waals surface area contributed by atoms with Crippen molar-refractivity contribution in [2.24, 2.45) is 11.8 Å². The molecule has 9 heteroatoms. The third-order valence-electron chi connectivity index (χ3n) is 8.14. The molecule has 0 spiro atoms. The highest BCUT2D eigenvalue weighted by Crippen LogP contribution is 2.39. The number of amides is 1. The van der Waals surface area contributed by atoms with Gasteiger partial charge in [-0.2, -0.15) is 0 Å². The van der Waals surface area contributed by atoms with E-state index in [0.717, 1.165) is 43.8 Å². The molecule has 0 saturated heterocycles. The van der Waals surface area contributed by atoms with Gasteiger partial charge in [-0.15, -0.1) is 0 Å². The van der Waals surface area contributed by atoms with E-state index in [1.807, 2.05) is 6.07 Å². The number of carbonyl (C=O) groups excluding carboxylic acids is 1. The molecule has 1 aliphatic carbocycles. The molecule has 1 fully saturated rings. The van der Waals surface area contributed by atoms with Gasteiger partial charge in [0.2, 0.25) is 0 Å². The van der Waals surface area contributed by atoms with Crippen LogP contribution in [0.5, 0.6) is 0 Å². The zero-order valence-corrected chi connectivity index (χ0v) is 24.4. The Morgan fingerprint density at radius 2 is 1.85 bits per heavy atom. The Bertz CT molecular complexity index is 1220. The Labute approximate surface area is 233 Å². The normalized spacial score (nSPS) is 22.6. The minimum atomic E-state index is -3.32. The summed E-state index contributed by atoms with van der Waals surface area (Å²) in [6.45, 7) is 10.4. The summed E-state index contributed by atoms with van der Waals surface area (Å²) < 4.78 is 30.1. The number of rotatable bonds is 11. The average molecular weight is 558 g/mol. The van der Waals surface area contributed by atoms with E-state index in [2.05, 4.69) is 31.0 Å². The summed E-state index contributed by atoms with van der Waals surface area (Å²) in [4.78, 5) is 20.7. The van der Waals surface area contributed by atoms with E-state index < -0.39 is 15.9 Å². The van der Waals surface area contributed by atoms with Crippen LogP contribution in [0.15, 0.2) is 41.4 Å². The maximum atomic E-state index is 13.2. The van der Waals surface area contributed by atoms with Gasteiger partial charge in [-0.1, -0.05) is 32.9 Å². The van der Waals surface area contributed by atoms with Crippen LogP contribution in [0.1, 0.15) is 92.6 Å². The summed E-state index contributed by atoms with van der Waals surface area (Å²) >= 11 is 0. The van der Waals surface area contributed by atoms with Crippen molar-refractivity contribution in [3.05, 3.63) is 58.9 Å². The van der Waals surface area contributed by atoms with Crippen LogP contribution in [0.4, 0.5) is 0 Å². The second-order valence-electron chi connectivity index (χ2n) is 11.2. The lowest BCUT2D eigenvalue weighted by molar-refractivity contribution is 0.0174. The van der Waals surface area contributed by atoms with Crippen molar-refractivity contribution in [3.63, 3.8) is 0 Å². The summed E-state index contributed by atoms with van der Waals surface area (Å²) in [6.07, 6.45) is 6.63. The molecule has 2 heterocycles. The van der Waals surface area contributed by atoms with E-state index in [4.69, 9.17) is 9.72 Å². The maximum absolute atomic E-state index is 13.2. The number of aliphatic hydroxyl groups excluding tert-OH is 1. The van der Waals surface area contributed by atoms with Gasteiger partial charge in [-0.05, 0) is 73.8 Å². The molecular weight excluding hydrogens is 514 g/mol. The van der Waals surface area contributed by atoms with Crippen LogP contribution < -0.4 is 5.32 Å². The largest absolute Gasteiger partial charge is 0.394 e. The summed E-state index contributed by atoms with van der Waals surface area (Å²) in [5.41, 5.74) is 3.23. The van der Waals surface area contributed by atoms with E-state index in [1.54, 1.807) is 25.3 Å². The highest BCUT2D eigenvalue weighted by Gasteiger charge is 2.36. The van der Waals surface area contributed by atoms with Gasteiger partial charge in [-0.3, -0.25) is 14.7 Å². The fraction of sp³-hybridized carbons (Fsp3) is 0.600. The number of aromatic nitrogens is 1. The standard InChI is InChI=1S/C30H43N3O5S/c1-5-38-25-11-7-21(8-12-25)17-33-18-24-15-23(16-31-28(24)29(33)20(3)4)30(35)32-27(19-34)22-9-13-26(14-10-22)39(36,37)6-2/h9-10,13-16,20-21,25,27,29,34H,5-8,11-12,17-19H2,1-4H3,(H,32,35)/t21?,25?,27-,29+/m0/s1. The second-order valence-corrected chi connectivity index (χ2v) is 13.4. The molecule has 8 nitrogen and oxygen atoms in total. The number of sulfone groups is 1. The van der Waals surface area contributed by atoms with Gasteiger partial charge >= 0.3 is 0 Å². The van der Waals surface area contributed by atoms with Crippen molar-refractivity contribution >= 4 is 15.7 Å². The molecule has 0 unspecified atom stereocenters. The molecule has 0 radical (unpaired) electrons. The molecular formula is C30H43N3O5S. The second kappa shape index (κ2) is 12.9. The Kier molecular flexibility index (Phi) is 9.80. The van der Waals surface area contributed by atoms with Crippen molar-refractivity contribution in [3.8, 4) is 0 Å². The fourth-order valence-corrected chi connectivity index (χ4v) is 6.93. The lowest BCUT2D eigenvalue weighted by Gasteiger charge is -2.34. The first kappa shape index (κ1) is 29.6. The van der Waals surface area contributed by atoms with Crippen LogP contribution in [0.2, 0.25) is 0 Å². The SMILES string of the molecule is CCOC1CCC(CN2Cc3cc(C(=O)N[C@@H](CO)c4ccc(S(=O)(=O)CC)cc4)cnc3[C@H]2C(C)C)CC1. The zero-order chi connectivity index (χ0) is 28.2. The molecule has 1 amide bonds. The third-order valence-corrected chi connectivity index (χ3v) is 9.89. The highest BCUT2D eigenvalue weighted by molar-refractivity contribution is 7.91. The number of nitrogens with one attached hydrogen (secondary N) is 1. The number of nitrogens with zero attached hydrogens (tertiary/aromatic N) is 2. The number of carbonyl (C=O) groups is 1. The number of pyridine rings is 1. The van der Waals surface area contributed by atoms with Gasteiger partial charge in [0.15, 0.2) is 9.84 Å². The minimum Gasteiger partial charge on any atom is -0.394 e.